The first-order valence-electron chi connectivity index (χ1n) is 10.1. The van der Waals surface area contributed by atoms with E-state index in [9.17, 15) is 4.79 Å². The second-order valence-corrected chi connectivity index (χ2v) is 7.62. The van der Waals surface area contributed by atoms with E-state index in [4.69, 9.17) is 19.9 Å². The summed E-state index contributed by atoms with van der Waals surface area (Å²) in [5.41, 5.74) is 6.52. The number of carbonyl (C=O) groups is 1. The van der Waals surface area contributed by atoms with E-state index < -0.39 is 0 Å². The van der Waals surface area contributed by atoms with Crippen LogP contribution in [0.25, 0.3) is 5.73 Å². The molecule has 27 heavy (non-hydrogen) atoms. The van der Waals surface area contributed by atoms with Gasteiger partial charge in [0.1, 0.15) is 0 Å². The van der Waals surface area contributed by atoms with Crippen molar-refractivity contribution in [2.75, 3.05) is 39.5 Å². The molecule has 0 heterocycles. The fourth-order valence-electron chi connectivity index (χ4n) is 2.33. The summed E-state index contributed by atoms with van der Waals surface area (Å²) in [4.78, 5) is 11.7. The van der Waals surface area contributed by atoms with Gasteiger partial charge in [-0.15, -0.1) is 6.54 Å². The molecular weight excluding hydrogens is 418 g/mol. The van der Waals surface area contributed by atoms with Gasteiger partial charge in [0, 0.05) is 19.6 Å². The molecule has 0 aliphatic carbocycles. The molecule has 7 heteroatoms. The maximum Gasteiger partial charge on any atom is 1.00 e. The average molecular weight is 459 g/mol. The molecule has 0 saturated carbocycles. The molecule has 6 nitrogen and oxygen atoms in total. The number of hydrogen-bond acceptors (Lipinski definition) is 4. The number of rotatable bonds is 17. The fourth-order valence-corrected chi connectivity index (χ4v) is 2.33. The van der Waals surface area contributed by atoms with E-state index in [2.05, 4.69) is 19.2 Å². The Morgan fingerprint density at radius 1 is 1.04 bits per heavy atom. The zero-order valence-corrected chi connectivity index (χ0v) is 23.5. The van der Waals surface area contributed by atoms with Crippen molar-refractivity contribution in [1.82, 2.24) is 5.32 Å². The molecule has 0 saturated heterocycles. The second-order valence-electron chi connectivity index (χ2n) is 7.62. The summed E-state index contributed by atoms with van der Waals surface area (Å²) in [6, 6.07) is 0. The van der Waals surface area contributed by atoms with Crippen LogP contribution in [0.5, 0.6) is 0 Å². The van der Waals surface area contributed by atoms with Crippen molar-refractivity contribution in [1.29, 1.82) is 0 Å². The Bertz CT molecular complexity index is 370. The number of unbranched alkanes of at least 4 members (excludes halogenated alkanes) is 2. The van der Waals surface area contributed by atoms with Crippen molar-refractivity contribution < 1.29 is 77.2 Å². The third-order valence-corrected chi connectivity index (χ3v) is 4.48. The maximum absolute atomic E-state index is 11.7. The molecular formula is C20H41N2O4Rb. The molecule has 0 aromatic carbocycles. The molecule has 1 atom stereocenters. The smallest absolute Gasteiger partial charge is 0.676 e. The number of amides is 1. The number of hydrogen-bond donors (Lipinski definition) is 1. The molecule has 0 spiro atoms. The van der Waals surface area contributed by atoms with Gasteiger partial charge in [-0.1, -0.05) is 26.7 Å². The van der Waals surface area contributed by atoms with Gasteiger partial charge in [-0.3, -0.25) is 4.79 Å². The molecule has 1 unspecified atom stereocenters. The van der Waals surface area contributed by atoms with Gasteiger partial charge in [-0.2, -0.15) is 0 Å². The molecule has 0 aliphatic rings. The quantitative estimate of drug-likeness (QED) is 0.331. The van der Waals surface area contributed by atoms with E-state index in [-0.39, 0.29) is 81.8 Å². The minimum Gasteiger partial charge on any atom is -0.676 e. The van der Waals surface area contributed by atoms with Crippen LogP contribution in [-0.4, -0.2) is 56.6 Å². The molecule has 2 N–H and O–H groups in total. The SMILES string of the molecule is CCCCCNC(=O)CCOCC(C)(CC)OCCC(C)(C)OCC[NH-].[Rb+]. The Morgan fingerprint density at radius 3 is 2.33 bits per heavy atom. The van der Waals surface area contributed by atoms with Crippen LogP contribution >= 0.6 is 0 Å². The minimum atomic E-state index is -0.358. The number of nitrogens with one attached hydrogen (secondary N) is 2. The van der Waals surface area contributed by atoms with Gasteiger partial charge in [0.05, 0.1) is 31.0 Å². The van der Waals surface area contributed by atoms with E-state index in [1.807, 2.05) is 20.8 Å². The molecule has 156 valence electrons. The average Bonchev–Trinajstić information content (AvgIpc) is 2.60. The second kappa shape index (κ2) is 17.9. The van der Waals surface area contributed by atoms with Crippen LogP contribution in [0, 0.1) is 0 Å². The predicted octanol–water partition coefficient (Wildman–Crippen LogP) is 1.13. The Hall–Kier alpha value is 1.12. The molecule has 0 aromatic heterocycles. The Morgan fingerprint density at radius 2 is 1.74 bits per heavy atom. The van der Waals surface area contributed by atoms with Gasteiger partial charge < -0.3 is 25.3 Å². The first-order chi connectivity index (χ1) is 12.3. The van der Waals surface area contributed by atoms with Crippen molar-refractivity contribution in [2.24, 2.45) is 0 Å². The summed E-state index contributed by atoms with van der Waals surface area (Å²) in [7, 11) is 0. The van der Waals surface area contributed by atoms with Crippen molar-refractivity contribution in [3.05, 3.63) is 5.73 Å². The Labute approximate surface area is 215 Å². The van der Waals surface area contributed by atoms with Crippen molar-refractivity contribution in [3.8, 4) is 0 Å². The van der Waals surface area contributed by atoms with E-state index in [1.165, 1.54) is 0 Å². The third kappa shape index (κ3) is 17.7. The number of carbonyl (C=O) groups excluding carboxylic acids is 1. The van der Waals surface area contributed by atoms with Gasteiger partial charge in [0.2, 0.25) is 5.91 Å². The summed E-state index contributed by atoms with van der Waals surface area (Å²) in [6.07, 6.45) is 5.33. The van der Waals surface area contributed by atoms with Crippen LogP contribution in [0.4, 0.5) is 0 Å². The zero-order chi connectivity index (χ0) is 19.9. The first kappa shape index (κ1) is 30.3. The van der Waals surface area contributed by atoms with Crippen LogP contribution in [0.15, 0.2) is 0 Å². The van der Waals surface area contributed by atoms with Crippen LogP contribution < -0.4 is 63.5 Å². The summed E-state index contributed by atoms with van der Waals surface area (Å²) < 4.78 is 17.4. The summed E-state index contributed by atoms with van der Waals surface area (Å²) in [6.45, 7) is 13.2. The maximum atomic E-state index is 11.7. The normalized spacial score (nSPS) is 13.7. The zero-order valence-electron chi connectivity index (χ0n) is 18.6. The van der Waals surface area contributed by atoms with Crippen molar-refractivity contribution >= 4 is 5.91 Å². The Kier molecular flexibility index (Phi) is 20.1. The molecule has 0 bridgehead atoms. The predicted molar refractivity (Wildman–Crippen MR) is 106 cm³/mol. The van der Waals surface area contributed by atoms with Gasteiger partial charge >= 0.3 is 58.2 Å². The van der Waals surface area contributed by atoms with E-state index in [1.54, 1.807) is 0 Å². The third-order valence-electron chi connectivity index (χ3n) is 4.48. The summed E-state index contributed by atoms with van der Waals surface area (Å²) in [5.74, 6) is 0.0496. The van der Waals surface area contributed by atoms with E-state index in [0.717, 1.165) is 38.6 Å². The Balaban J connectivity index is 0. The van der Waals surface area contributed by atoms with E-state index >= 15 is 0 Å². The van der Waals surface area contributed by atoms with E-state index in [0.29, 0.717) is 32.8 Å². The summed E-state index contributed by atoms with van der Waals surface area (Å²) in [5, 5.41) is 2.92. The topological polar surface area (TPSA) is 80.6 Å². The molecule has 0 aromatic rings. The van der Waals surface area contributed by atoms with Gasteiger partial charge in [0.25, 0.3) is 0 Å². The first-order valence-corrected chi connectivity index (χ1v) is 10.1. The molecule has 1 amide bonds. The minimum absolute atomic E-state index is 0. The summed E-state index contributed by atoms with van der Waals surface area (Å²) >= 11 is 0. The monoisotopic (exact) mass is 458 g/mol. The van der Waals surface area contributed by atoms with Crippen LogP contribution in [0.1, 0.15) is 73.1 Å². The van der Waals surface area contributed by atoms with Gasteiger partial charge in [-0.05, 0) is 40.0 Å². The van der Waals surface area contributed by atoms with Crippen LogP contribution in [0.3, 0.4) is 0 Å². The van der Waals surface area contributed by atoms with Crippen LogP contribution in [-0.2, 0) is 19.0 Å². The standard InChI is InChI=1S/C20H41N2O4.Rb/c1-6-8-9-13-22-18(23)10-14-24-17-20(5,7-2)26-15-11-19(3,4)25-16-12-21;/h21H,6-17H2,1-5H3,(H,22,23);/q-1;+1. The molecule has 0 aliphatic heterocycles. The fraction of sp³-hybridized carbons (Fsp3) is 0.950. The molecule has 0 fully saturated rings. The number of ether oxygens (including phenoxy) is 3. The van der Waals surface area contributed by atoms with Crippen LogP contribution in [0.2, 0.25) is 0 Å². The molecule has 0 rings (SSSR count). The van der Waals surface area contributed by atoms with Crippen molar-refractivity contribution in [3.63, 3.8) is 0 Å². The van der Waals surface area contributed by atoms with Gasteiger partial charge in [-0.25, -0.2) is 0 Å². The molecule has 0 radical (unpaired) electrons. The largest absolute Gasteiger partial charge is 1.00 e. The van der Waals surface area contributed by atoms with Gasteiger partial charge in [0.15, 0.2) is 0 Å². The van der Waals surface area contributed by atoms with Crippen molar-refractivity contribution in [2.45, 2.75) is 84.3 Å².